The van der Waals surface area contributed by atoms with Gasteiger partial charge < -0.3 is 20.3 Å². The molecular weight excluding hydrogens is 414 g/mol. The van der Waals surface area contributed by atoms with Crippen LogP contribution in [0.15, 0.2) is 67.0 Å². The normalized spacial score (nSPS) is 13.8. The summed E-state index contributed by atoms with van der Waals surface area (Å²) in [5.74, 6) is -0.0802. The van der Waals surface area contributed by atoms with Crippen molar-refractivity contribution in [3.63, 3.8) is 0 Å². The summed E-state index contributed by atoms with van der Waals surface area (Å²) in [6, 6.07) is 18.4. The first kappa shape index (κ1) is 21.0. The van der Waals surface area contributed by atoms with E-state index >= 15 is 0 Å². The van der Waals surface area contributed by atoms with Crippen LogP contribution in [0.1, 0.15) is 12.5 Å². The first-order chi connectivity index (χ1) is 16.1. The van der Waals surface area contributed by atoms with Gasteiger partial charge in [-0.25, -0.2) is 4.98 Å². The fourth-order valence-corrected chi connectivity index (χ4v) is 4.32. The fourth-order valence-electron chi connectivity index (χ4n) is 4.32. The summed E-state index contributed by atoms with van der Waals surface area (Å²) < 4.78 is 7.55. The van der Waals surface area contributed by atoms with Crippen LogP contribution in [0.4, 0.5) is 22.7 Å². The monoisotopic (exact) mass is 441 g/mol. The van der Waals surface area contributed by atoms with Crippen molar-refractivity contribution < 1.29 is 9.53 Å². The fraction of sp³-hybridized carbons (Fsp3) is 0.231. The number of amides is 1. The maximum absolute atomic E-state index is 11.3. The van der Waals surface area contributed by atoms with E-state index in [2.05, 4.69) is 62.2 Å². The zero-order valence-electron chi connectivity index (χ0n) is 18.8. The molecule has 5 rings (SSSR count). The molecule has 168 valence electrons. The van der Waals surface area contributed by atoms with E-state index in [1.165, 1.54) is 18.2 Å². The van der Waals surface area contributed by atoms with Crippen molar-refractivity contribution in [2.24, 2.45) is 0 Å². The Kier molecular flexibility index (Phi) is 5.71. The predicted octanol–water partition coefficient (Wildman–Crippen LogP) is 4.85. The Morgan fingerprint density at radius 1 is 1.00 bits per heavy atom. The lowest BCUT2D eigenvalue weighted by atomic mass is 10.1. The molecule has 4 aromatic rings. The zero-order valence-corrected chi connectivity index (χ0v) is 18.8. The topological polar surface area (TPSA) is 70.9 Å². The van der Waals surface area contributed by atoms with Crippen LogP contribution in [0.2, 0.25) is 0 Å². The van der Waals surface area contributed by atoms with E-state index in [0.717, 1.165) is 60.3 Å². The molecule has 3 heterocycles. The second-order valence-electron chi connectivity index (χ2n) is 8.24. The maximum Gasteiger partial charge on any atom is 0.221 e. The number of nitrogens with one attached hydrogen (secondary N) is 2. The molecule has 33 heavy (non-hydrogen) atoms. The molecule has 0 saturated carbocycles. The molecule has 0 unspecified atom stereocenters. The average Bonchev–Trinajstić information content (AvgIpc) is 3.31. The number of nitrogens with zero attached hydrogens (tertiary/aromatic N) is 3. The largest absolute Gasteiger partial charge is 0.378 e. The molecule has 0 radical (unpaired) electrons. The number of fused-ring (bicyclic) bond motifs is 1. The molecule has 1 aliphatic rings. The van der Waals surface area contributed by atoms with Gasteiger partial charge in [0.1, 0.15) is 0 Å². The Hall–Kier alpha value is -3.84. The minimum Gasteiger partial charge on any atom is -0.378 e. The van der Waals surface area contributed by atoms with Crippen LogP contribution in [-0.2, 0) is 9.53 Å². The molecule has 0 atom stereocenters. The molecule has 1 saturated heterocycles. The number of hydrogen-bond acceptors (Lipinski definition) is 5. The highest BCUT2D eigenvalue weighted by atomic mass is 16.5. The Morgan fingerprint density at radius 2 is 1.76 bits per heavy atom. The van der Waals surface area contributed by atoms with Crippen LogP contribution in [0.25, 0.3) is 16.9 Å². The van der Waals surface area contributed by atoms with Crippen LogP contribution in [0.5, 0.6) is 0 Å². The van der Waals surface area contributed by atoms with E-state index < -0.39 is 0 Å². The molecule has 2 N–H and O–H groups in total. The molecule has 1 aliphatic heterocycles. The van der Waals surface area contributed by atoms with Crippen molar-refractivity contribution in [3.8, 4) is 11.3 Å². The highest BCUT2D eigenvalue weighted by Crippen LogP contribution is 2.30. The van der Waals surface area contributed by atoms with Gasteiger partial charge in [-0.2, -0.15) is 0 Å². The number of hydrogen-bond donors (Lipinski definition) is 2. The minimum absolute atomic E-state index is 0.0802. The summed E-state index contributed by atoms with van der Waals surface area (Å²) in [4.78, 5) is 18.2. The lowest BCUT2D eigenvalue weighted by Gasteiger charge is -2.30. The molecule has 7 heteroatoms. The molecule has 1 amide bonds. The van der Waals surface area contributed by atoms with E-state index in [9.17, 15) is 4.79 Å². The quantitative estimate of drug-likeness (QED) is 0.463. The number of aromatic nitrogens is 2. The Labute approximate surface area is 193 Å². The third kappa shape index (κ3) is 4.40. The summed E-state index contributed by atoms with van der Waals surface area (Å²) in [5, 5.41) is 6.34. The van der Waals surface area contributed by atoms with E-state index in [0.29, 0.717) is 0 Å². The number of rotatable bonds is 5. The number of anilines is 4. The predicted molar refractivity (Wildman–Crippen MR) is 132 cm³/mol. The standard InChI is InChI=1S/C26H27N5O2/c1-18-17-22(7-9-24(18)30-13-15-33-16-14-30)29-23-8-10-25(31-12-11-27-26(23)31)20-3-5-21(6-4-20)28-19(2)32/h3-12,17,29H,13-16H2,1-2H3,(H,28,32). The lowest BCUT2D eigenvalue weighted by Crippen LogP contribution is -2.36. The molecular formula is C26H27N5O2. The number of benzene rings is 2. The summed E-state index contributed by atoms with van der Waals surface area (Å²) >= 11 is 0. The molecule has 1 fully saturated rings. The Balaban J connectivity index is 1.41. The zero-order chi connectivity index (χ0) is 22.8. The number of ether oxygens (including phenoxy) is 1. The van der Waals surface area contributed by atoms with Gasteiger partial charge >= 0.3 is 0 Å². The van der Waals surface area contributed by atoms with Gasteiger partial charge in [-0.05, 0) is 60.5 Å². The van der Waals surface area contributed by atoms with Gasteiger partial charge in [-0.3, -0.25) is 9.20 Å². The van der Waals surface area contributed by atoms with Gasteiger partial charge in [0.15, 0.2) is 5.65 Å². The van der Waals surface area contributed by atoms with Crippen molar-refractivity contribution in [1.29, 1.82) is 0 Å². The van der Waals surface area contributed by atoms with Gasteiger partial charge in [0, 0.05) is 49.5 Å². The third-order valence-corrected chi connectivity index (χ3v) is 5.88. The summed E-state index contributed by atoms with van der Waals surface area (Å²) in [6.07, 6.45) is 3.77. The van der Waals surface area contributed by atoms with Crippen LogP contribution >= 0.6 is 0 Å². The second-order valence-corrected chi connectivity index (χ2v) is 8.24. The summed E-state index contributed by atoms with van der Waals surface area (Å²) in [5.41, 5.74) is 8.17. The van der Waals surface area contributed by atoms with Crippen LogP contribution in [-0.4, -0.2) is 41.6 Å². The molecule has 0 spiro atoms. The summed E-state index contributed by atoms with van der Waals surface area (Å²) in [7, 11) is 0. The second kappa shape index (κ2) is 8.96. The maximum atomic E-state index is 11.3. The van der Waals surface area contributed by atoms with Crippen LogP contribution in [0.3, 0.4) is 0 Å². The van der Waals surface area contributed by atoms with Gasteiger partial charge in [-0.1, -0.05) is 12.1 Å². The molecule has 2 aromatic carbocycles. The van der Waals surface area contributed by atoms with Crippen molar-refractivity contribution >= 4 is 34.3 Å². The van der Waals surface area contributed by atoms with E-state index in [1.54, 1.807) is 0 Å². The van der Waals surface area contributed by atoms with Crippen molar-refractivity contribution in [1.82, 2.24) is 9.38 Å². The Morgan fingerprint density at radius 3 is 2.48 bits per heavy atom. The number of carbonyl (C=O) groups is 1. The SMILES string of the molecule is CC(=O)Nc1ccc(-c2ccc(Nc3ccc(N4CCOCC4)c(C)c3)c3nccn23)cc1. The smallest absolute Gasteiger partial charge is 0.221 e. The first-order valence-electron chi connectivity index (χ1n) is 11.1. The Bertz CT molecular complexity index is 1290. The lowest BCUT2D eigenvalue weighted by molar-refractivity contribution is -0.114. The van der Waals surface area contributed by atoms with Crippen molar-refractivity contribution in [2.75, 3.05) is 41.8 Å². The van der Waals surface area contributed by atoms with Crippen molar-refractivity contribution in [3.05, 3.63) is 72.6 Å². The van der Waals surface area contributed by atoms with E-state index in [4.69, 9.17) is 4.74 Å². The number of pyridine rings is 1. The molecule has 2 aromatic heterocycles. The highest BCUT2D eigenvalue weighted by molar-refractivity contribution is 5.89. The molecule has 0 bridgehead atoms. The number of imidazole rings is 1. The van der Waals surface area contributed by atoms with Gasteiger partial charge in [0.25, 0.3) is 0 Å². The number of carbonyl (C=O) groups excluding carboxylic acids is 1. The van der Waals surface area contributed by atoms with Gasteiger partial charge in [0.05, 0.1) is 24.6 Å². The molecule has 7 nitrogen and oxygen atoms in total. The minimum atomic E-state index is -0.0802. The summed E-state index contributed by atoms with van der Waals surface area (Å²) in [6.45, 7) is 7.06. The van der Waals surface area contributed by atoms with E-state index in [1.807, 2.05) is 36.7 Å². The number of morpholine rings is 1. The van der Waals surface area contributed by atoms with Gasteiger partial charge in [-0.15, -0.1) is 0 Å². The highest BCUT2D eigenvalue weighted by Gasteiger charge is 2.14. The third-order valence-electron chi connectivity index (χ3n) is 5.88. The van der Waals surface area contributed by atoms with Crippen LogP contribution < -0.4 is 15.5 Å². The van der Waals surface area contributed by atoms with E-state index in [-0.39, 0.29) is 5.91 Å². The molecule has 0 aliphatic carbocycles. The number of aryl methyl sites for hydroxylation is 1. The first-order valence-corrected chi connectivity index (χ1v) is 11.1. The van der Waals surface area contributed by atoms with Crippen LogP contribution in [0, 0.1) is 6.92 Å². The average molecular weight is 442 g/mol. The van der Waals surface area contributed by atoms with Crippen molar-refractivity contribution in [2.45, 2.75) is 13.8 Å². The van der Waals surface area contributed by atoms with Gasteiger partial charge in [0.2, 0.25) is 5.91 Å².